The molecule has 2 heterocycles. The molecule has 2 aliphatic rings. The van der Waals surface area contributed by atoms with Crippen molar-refractivity contribution in [3.05, 3.63) is 32.8 Å². The van der Waals surface area contributed by atoms with E-state index in [0.29, 0.717) is 12.0 Å². The fourth-order valence-electron chi connectivity index (χ4n) is 4.78. The molecule has 3 rings (SSSR count). The van der Waals surface area contributed by atoms with Gasteiger partial charge in [0, 0.05) is 24.2 Å². The minimum absolute atomic E-state index is 0.0349. The van der Waals surface area contributed by atoms with Gasteiger partial charge in [-0.2, -0.15) is 0 Å². The average Bonchev–Trinajstić information content (AvgIpc) is 3.21. The average molecular weight is 520 g/mol. The molecule has 1 aromatic rings. The largest absolute Gasteiger partial charge is 0.480 e. The molecule has 2 fully saturated rings. The summed E-state index contributed by atoms with van der Waals surface area (Å²) in [6, 6.07) is 1.31. The lowest BCUT2D eigenvalue weighted by atomic mass is 9.77. The van der Waals surface area contributed by atoms with Crippen LogP contribution >= 0.6 is 34.8 Å². The van der Waals surface area contributed by atoms with Gasteiger partial charge in [-0.3, -0.25) is 24.6 Å². The zero-order chi connectivity index (χ0) is 24.5. The molecule has 2 saturated heterocycles. The summed E-state index contributed by atoms with van der Waals surface area (Å²) in [5.41, 5.74) is 3.67. The van der Waals surface area contributed by atoms with Crippen molar-refractivity contribution in [1.29, 1.82) is 0 Å². The van der Waals surface area contributed by atoms with E-state index in [1.165, 1.54) is 12.1 Å². The first-order valence-electron chi connectivity index (χ1n) is 10.6. The van der Waals surface area contributed by atoms with Crippen LogP contribution in [0.15, 0.2) is 12.1 Å². The number of amides is 4. The third kappa shape index (κ3) is 4.64. The first-order valence-corrected chi connectivity index (χ1v) is 11.7. The molecule has 2 aliphatic heterocycles. The molecule has 0 saturated carbocycles. The van der Waals surface area contributed by atoms with Gasteiger partial charge in [0.1, 0.15) is 5.54 Å². The standard InChI is InChI=1S/C21H25Cl3N4O5/c1-2-3-7-28-17(29)13-14(18(28)30)21(19(31)32,5-4-6-26-20(25)33)27-16(13)11-8-10(22)9-12(23)15(11)24/h8-9,13-14,16,27H,2-7H2,1H3,(H,31,32)(H3,25,26,33). The van der Waals surface area contributed by atoms with Crippen LogP contribution < -0.4 is 16.4 Å². The topological polar surface area (TPSA) is 142 Å². The normalized spacial score (nSPS) is 26.5. The number of fused-ring (bicyclic) bond motifs is 1. The van der Waals surface area contributed by atoms with E-state index >= 15 is 0 Å². The Morgan fingerprint density at radius 1 is 1.21 bits per heavy atom. The smallest absolute Gasteiger partial charge is 0.324 e. The van der Waals surface area contributed by atoms with Crippen molar-refractivity contribution in [2.24, 2.45) is 17.6 Å². The van der Waals surface area contributed by atoms with Crippen LogP contribution in [0.1, 0.15) is 44.2 Å². The SMILES string of the molecule is CCCCN1C(=O)C2C(c3cc(Cl)cc(Cl)c3Cl)NC(CCCNC(N)=O)(C(=O)O)C2C1=O. The second-order valence-corrected chi connectivity index (χ2v) is 9.49. The van der Waals surface area contributed by atoms with E-state index < -0.39 is 47.2 Å². The van der Waals surface area contributed by atoms with Crippen molar-refractivity contribution in [1.82, 2.24) is 15.5 Å². The zero-order valence-electron chi connectivity index (χ0n) is 17.9. The van der Waals surface area contributed by atoms with Crippen molar-refractivity contribution >= 4 is 58.6 Å². The van der Waals surface area contributed by atoms with E-state index in [1.54, 1.807) is 0 Å². The van der Waals surface area contributed by atoms with Gasteiger partial charge in [0.15, 0.2) is 0 Å². The Bertz CT molecular complexity index is 991. The molecule has 33 heavy (non-hydrogen) atoms. The number of nitrogens with two attached hydrogens (primary N) is 1. The number of nitrogens with zero attached hydrogens (tertiary/aromatic N) is 1. The summed E-state index contributed by atoms with van der Waals surface area (Å²) in [7, 11) is 0. The molecule has 4 unspecified atom stereocenters. The lowest BCUT2D eigenvalue weighted by molar-refractivity contribution is -0.151. The quantitative estimate of drug-likeness (QED) is 0.224. The highest BCUT2D eigenvalue weighted by molar-refractivity contribution is 6.43. The van der Waals surface area contributed by atoms with Crippen LogP contribution in [0.3, 0.4) is 0 Å². The molecule has 5 N–H and O–H groups in total. The van der Waals surface area contributed by atoms with E-state index in [4.69, 9.17) is 40.5 Å². The second kappa shape index (κ2) is 10.0. The minimum Gasteiger partial charge on any atom is -0.480 e. The van der Waals surface area contributed by atoms with Crippen LogP contribution in [-0.4, -0.2) is 52.4 Å². The van der Waals surface area contributed by atoms with E-state index in [1.807, 2.05) is 6.92 Å². The highest BCUT2D eigenvalue weighted by Gasteiger charge is 2.68. The molecule has 180 valence electrons. The predicted octanol–water partition coefficient (Wildman–Crippen LogP) is 2.96. The van der Waals surface area contributed by atoms with Crippen molar-refractivity contribution < 1.29 is 24.3 Å². The molecule has 9 nitrogen and oxygen atoms in total. The van der Waals surface area contributed by atoms with Crippen molar-refractivity contribution in [3.8, 4) is 0 Å². The molecule has 0 spiro atoms. The van der Waals surface area contributed by atoms with Crippen LogP contribution in [0, 0.1) is 11.8 Å². The summed E-state index contributed by atoms with van der Waals surface area (Å²) < 4.78 is 0. The third-order valence-corrected chi connectivity index (χ3v) is 7.30. The van der Waals surface area contributed by atoms with Crippen LogP contribution in [-0.2, 0) is 14.4 Å². The number of primary amides is 1. The number of carbonyl (C=O) groups is 4. The second-order valence-electron chi connectivity index (χ2n) is 8.27. The van der Waals surface area contributed by atoms with E-state index in [-0.39, 0.29) is 41.0 Å². The first kappa shape index (κ1) is 25.6. The summed E-state index contributed by atoms with van der Waals surface area (Å²) in [5, 5.41) is 16.3. The Hall–Kier alpha value is -2.07. The number of carboxylic acid groups (broad SMARTS) is 1. The summed E-state index contributed by atoms with van der Waals surface area (Å²) >= 11 is 18.8. The van der Waals surface area contributed by atoms with E-state index in [0.717, 1.165) is 11.3 Å². The number of hydrogen-bond donors (Lipinski definition) is 4. The van der Waals surface area contributed by atoms with Crippen molar-refractivity contribution in [3.63, 3.8) is 0 Å². The van der Waals surface area contributed by atoms with Gasteiger partial charge >= 0.3 is 12.0 Å². The fourth-order valence-corrected chi connectivity index (χ4v) is 5.52. The highest BCUT2D eigenvalue weighted by Crippen LogP contribution is 2.52. The Morgan fingerprint density at radius 2 is 1.91 bits per heavy atom. The van der Waals surface area contributed by atoms with E-state index in [9.17, 15) is 24.3 Å². The zero-order valence-corrected chi connectivity index (χ0v) is 20.1. The Morgan fingerprint density at radius 3 is 2.52 bits per heavy atom. The molecular formula is C21H25Cl3N4O5. The third-order valence-electron chi connectivity index (χ3n) is 6.27. The Kier molecular flexibility index (Phi) is 7.78. The molecule has 4 atom stereocenters. The minimum atomic E-state index is -1.76. The maximum absolute atomic E-state index is 13.4. The molecule has 4 amide bonds. The van der Waals surface area contributed by atoms with Gasteiger partial charge in [0.25, 0.3) is 0 Å². The van der Waals surface area contributed by atoms with Gasteiger partial charge in [-0.15, -0.1) is 0 Å². The molecule has 12 heteroatoms. The number of aliphatic carboxylic acids is 1. The van der Waals surface area contributed by atoms with E-state index in [2.05, 4.69) is 10.6 Å². The van der Waals surface area contributed by atoms with Gasteiger partial charge in [0.05, 0.1) is 21.9 Å². The number of imide groups is 1. The number of halogens is 3. The Labute approximate surface area is 205 Å². The number of carboxylic acids is 1. The number of urea groups is 1. The molecule has 0 aromatic heterocycles. The summed E-state index contributed by atoms with van der Waals surface area (Å²) in [5.74, 6) is -4.43. The van der Waals surface area contributed by atoms with Gasteiger partial charge in [-0.05, 0) is 37.0 Å². The summed E-state index contributed by atoms with van der Waals surface area (Å²) in [4.78, 5) is 51.5. The van der Waals surface area contributed by atoms with Gasteiger partial charge in [-0.1, -0.05) is 48.1 Å². The van der Waals surface area contributed by atoms with Crippen molar-refractivity contribution in [2.75, 3.05) is 13.1 Å². The first-order chi connectivity index (χ1) is 15.5. The number of benzene rings is 1. The van der Waals surface area contributed by atoms with Crippen LogP contribution in [0.25, 0.3) is 0 Å². The molecule has 0 radical (unpaired) electrons. The number of hydrogen-bond acceptors (Lipinski definition) is 5. The van der Waals surface area contributed by atoms with Crippen molar-refractivity contribution in [2.45, 2.75) is 44.2 Å². The van der Waals surface area contributed by atoms with Gasteiger partial charge in [0.2, 0.25) is 11.8 Å². The predicted molar refractivity (Wildman–Crippen MR) is 123 cm³/mol. The number of rotatable bonds is 9. The van der Waals surface area contributed by atoms with Crippen LogP contribution in [0.2, 0.25) is 15.1 Å². The lowest BCUT2D eigenvalue weighted by Gasteiger charge is -2.31. The summed E-state index contributed by atoms with van der Waals surface area (Å²) in [6.45, 7) is 2.24. The monoisotopic (exact) mass is 518 g/mol. The number of nitrogens with one attached hydrogen (secondary N) is 2. The molecular weight excluding hydrogens is 495 g/mol. The fraction of sp³-hybridized carbons (Fsp3) is 0.524. The van der Waals surface area contributed by atoms with Gasteiger partial charge < -0.3 is 16.2 Å². The maximum atomic E-state index is 13.4. The number of unbranched alkanes of at least 4 members (excludes halogenated alkanes) is 1. The molecule has 0 aliphatic carbocycles. The Balaban J connectivity index is 2.08. The lowest BCUT2D eigenvalue weighted by Crippen LogP contribution is -2.56. The summed E-state index contributed by atoms with van der Waals surface area (Å²) in [6.07, 6.45) is 1.53. The highest BCUT2D eigenvalue weighted by atomic mass is 35.5. The maximum Gasteiger partial charge on any atom is 0.324 e. The molecule has 1 aromatic carbocycles. The number of likely N-dealkylation sites (tertiary alicyclic amines) is 1. The van der Waals surface area contributed by atoms with Gasteiger partial charge in [-0.25, -0.2) is 4.79 Å². The van der Waals surface area contributed by atoms with Crippen LogP contribution in [0.4, 0.5) is 4.79 Å². The molecule has 0 bridgehead atoms. The van der Waals surface area contributed by atoms with Crippen LogP contribution in [0.5, 0.6) is 0 Å². The number of carbonyl (C=O) groups excluding carboxylic acids is 3.